The van der Waals surface area contributed by atoms with Crippen LogP contribution < -0.4 is 5.32 Å². The summed E-state index contributed by atoms with van der Waals surface area (Å²) in [6, 6.07) is -1.01. The summed E-state index contributed by atoms with van der Waals surface area (Å²) in [6.45, 7) is 9.73. The fraction of sp³-hybridized carbons (Fsp3) is 0.586. The average molecular weight is 484 g/mol. The number of carbonyl (C=O) groups excluding carboxylic acids is 2. The van der Waals surface area contributed by atoms with Crippen molar-refractivity contribution in [3.63, 3.8) is 0 Å². The minimum absolute atomic E-state index is 0.166. The molecule has 6 heteroatoms. The molecule has 0 unspecified atom stereocenters. The molecular weight excluding hydrogens is 442 g/mol. The van der Waals surface area contributed by atoms with Crippen LogP contribution in [-0.4, -0.2) is 45.8 Å². The van der Waals surface area contributed by atoms with Crippen LogP contribution in [0.1, 0.15) is 60.3 Å². The van der Waals surface area contributed by atoms with Crippen molar-refractivity contribution in [2.75, 3.05) is 6.61 Å². The molecule has 1 heterocycles. The fourth-order valence-corrected chi connectivity index (χ4v) is 6.29. The molecule has 6 nitrogen and oxygen atoms in total. The van der Waals surface area contributed by atoms with Gasteiger partial charge in [-0.15, -0.1) is 0 Å². The largest absolute Gasteiger partial charge is 0.511 e. The van der Waals surface area contributed by atoms with Gasteiger partial charge in [0.2, 0.25) is 0 Å². The van der Waals surface area contributed by atoms with Crippen molar-refractivity contribution >= 4 is 11.7 Å². The third-order valence-electron chi connectivity index (χ3n) is 8.65. The van der Waals surface area contributed by atoms with Crippen molar-refractivity contribution < 1.29 is 24.9 Å². The van der Waals surface area contributed by atoms with Gasteiger partial charge < -0.3 is 20.6 Å². The summed E-state index contributed by atoms with van der Waals surface area (Å²) in [7, 11) is 0. The maximum atomic E-state index is 13.0. The number of fused-ring (bicyclic) bond motifs is 1. The molecule has 1 aliphatic heterocycles. The predicted molar refractivity (Wildman–Crippen MR) is 137 cm³/mol. The number of aliphatic hydroxyl groups is 3. The van der Waals surface area contributed by atoms with Crippen LogP contribution in [0.4, 0.5) is 0 Å². The zero-order chi connectivity index (χ0) is 26.0. The molecule has 2 fully saturated rings. The highest BCUT2D eigenvalue weighted by Gasteiger charge is 2.60. The third kappa shape index (κ3) is 4.96. The van der Waals surface area contributed by atoms with Crippen LogP contribution in [0.15, 0.2) is 59.4 Å². The van der Waals surface area contributed by atoms with Gasteiger partial charge in [-0.1, -0.05) is 75.3 Å². The lowest BCUT2D eigenvalue weighted by atomic mass is 9.44. The van der Waals surface area contributed by atoms with E-state index in [1.54, 1.807) is 6.92 Å². The number of hydrogen-bond donors (Lipinski definition) is 4. The molecule has 1 amide bonds. The molecular formula is C29H41NO5. The summed E-state index contributed by atoms with van der Waals surface area (Å²) in [5.74, 6) is -0.759. The van der Waals surface area contributed by atoms with Gasteiger partial charge in [-0.25, -0.2) is 0 Å². The molecule has 1 saturated heterocycles. The summed E-state index contributed by atoms with van der Waals surface area (Å²) in [5.41, 5.74) is -0.343. The second-order valence-corrected chi connectivity index (χ2v) is 11.1. The molecule has 3 aliphatic rings. The maximum Gasteiger partial charge on any atom is 0.259 e. The zero-order valence-electron chi connectivity index (χ0n) is 21.6. The summed E-state index contributed by atoms with van der Waals surface area (Å²) in [5, 5.41) is 33.2. The van der Waals surface area contributed by atoms with E-state index in [1.807, 2.05) is 43.4 Å². The summed E-state index contributed by atoms with van der Waals surface area (Å²) < 4.78 is 0. The summed E-state index contributed by atoms with van der Waals surface area (Å²) in [4.78, 5) is 25.7. The number of nitrogens with one attached hydrogen (secondary N) is 1. The molecule has 0 radical (unpaired) electrons. The van der Waals surface area contributed by atoms with E-state index >= 15 is 0 Å². The van der Waals surface area contributed by atoms with E-state index in [1.165, 1.54) is 0 Å². The summed E-state index contributed by atoms with van der Waals surface area (Å²) >= 11 is 0. The number of hydrogen-bond acceptors (Lipinski definition) is 5. The van der Waals surface area contributed by atoms with E-state index < -0.39 is 29.8 Å². The minimum atomic E-state index is -1.01. The number of amides is 1. The normalized spacial score (nSPS) is 38.2. The Labute approximate surface area is 209 Å². The zero-order valence-corrected chi connectivity index (χ0v) is 21.6. The highest BCUT2D eigenvalue weighted by atomic mass is 16.3. The van der Waals surface area contributed by atoms with Crippen molar-refractivity contribution in [3.8, 4) is 0 Å². The standard InChI is InChI=1S/C29H41NO5/c1-18-13-14-28(4)21(15-18)16-19(2)22(12-10-8-6-7-9-11-20(3)32)29(28,5)26(34)24-25(33)23(17-31)30-27(24)35/h6-10,12,16,18,20-23,31-32,34H,11,13-15,17H2,1-5H3,(H,30,35)/b8-6+,9-7+,12-10+,26-24+/t18-,20+,21-,22-,23+,28-,29+/m0/s1. The Hall–Kier alpha value is -2.44. The monoisotopic (exact) mass is 483 g/mol. The third-order valence-corrected chi connectivity index (χ3v) is 8.65. The van der Waals surface area contributed by atoms with Gasteiger partial charge in [0.05, 0.1) is 12.7 Å². The minimum Gasteiger partial charge on any atom is -0.511 e. The topological polar surface area (TPSA) is 107 Å². The fourth-order valence-electron chi connectivity index (χ4n) is 6.29. The Morgan fingerprint density at radius 1 is 1.23 bits per heavy atom. The predicted octanol–water partition coefficient (Wildman–Crippen LogP) is 4.32. The summed E-state index contributed by atoms with van der Waals surface area (Å²) in [6.07, 6.45) is 17.0. The number of allylic oxidation sites excluding steroid dienone is 8. The Morgan fingerprint density at radius 3 is 2.54 bits per heavy atom. The van der Waals surface area contributed by atoms with E-state index in [2.05, 4.69) is 32.2 Å². The van der Waals surface area contributed by atoms with Crippen LogP contribution in [-0.2, 0) is 9.59 Å². The molecule has 0 aromatic heterocycles. The van der Waals surface area contributed by atoms with Gasteiger partial charge in [0.25, 0.3) is 5.91 Å². The van der Waals surface area contributed by atoms with Crippen LogP contribution >= 0.6 is 0 Å². The number of aliphatic hydroxyl groups excluding tert-OH is 3. The lowest BCUT2D eigenvalue weighted by Gasteiger charge is -2.59. The van der Waals surface area contributed by atoms with E-state index in [9.17, 15) is 24.9 Å². The van der Waals surface area contributed by atoms with Crippen molar-refractivity contribution in [1.29, 1.82) is 0 Å². The quantitative estimate of drug-likeness (QED) is 0.142. The van der Waals surface area contributed by atoms with Crippen molar-refractivity contribution in [2.45, 2.75) is 72.4 Å². The molecule has 2 aliphatic carbocycles. The van der Waals surface area contributed by atoms with E-state index in [-0.39, 0.29) is 34.7 Å². The molecule has 3 rings (SSSR count). The van der Waals surface area contributed by atoms with Crippen molar-refractivity contribution in [2.24, 2.45) is 28.6 Å². The second kappa shape index (κ2) is 10.7. The molecule has 0 bridgehead atoms. The second-order valence-electron chi connectivity index (χ2n) is 11.1. The van der Waals surface area contributed by atoms with E-state index in [0.717, 1.165) is 24.8 Å². The lowest BCUT2D eigenvalue weighted by molar-refractivity contribution is -0.118. The molecule has 192 valence electrons. The first kappa shape index (κ1) is 27.2. The number of rotatable bonds is 7. The first-order chi connectivity index (χ1) is 16.5. The van der Waals surface area contributed by atoms with Crippen LogP contribution in [0.2, 0.25) is 0 Å². The lowest BCUT2D eigenvalue weighted by Crippen LogP contribution is -2.54. The number of Topliss-reactive ketones (excluding diaryl/α,β-unsaturated/α-hetero) is 1. The van der Waals surface area contributed by atoms with Gasteiger partial charge in [-0.05, 0) is 50.4 Å². The Bertz CT molecular complexity index is 987. The highest BCUT2D eigenvalue weighted by Crippen LogP contribution is 2.65. The van der Waals surface area contributed by atoms with Crippen LogP contribution in [0.25, 0.3) is 0 Å². The first-order valence-corrected chi connectivity index (χ1v) is 12.7. The van der Waals surface area contributed by atoms with Gasteiger partial charge in [0, 0.05) is 11.3 Å². The molecule has 4 N–H and O–H groups in total. The van der Waals surface area contributed by atoms with Crippen molar-refractivity contribution in [3.05, 3.63) is 59.4 Å². The molecule has 7 atom stereocenters. The Morgan fingerprint density at radius 2 is 1.91 bits per heavy atom. The maximum absolute atomic E-state index is 13.0. The van der Waals surface area contributed by atoms with E-state index in [0.29, 0.717) is 12.3 Å². The van der Waals surface area contributed by atoms with Gasteiger partial charge in [0.1, 0.15) is 17.4 Å². The molecule has 1 saturated carbocycles. The van der Waals surface area contributed by atoms with E-state index in [4.69, 9.17) is 0 Å². The molecule has 0 aromatic rings. The van der Waals surface area contributed by atoms with Gasteiger partial charge in [-0.3, -0.25) is 9.59 Å². The van der Waals surface area contributed by atoms with Gasteiger partial charge in [-0.2, -0.15) is 0 Å². The molecule has 35 heavy (non-hydrogen) atoms. The highest BCUT2D eigenvalue weighted by molar-refractivity contribution is 6.27. The molecule has 0 aromatic carbocycles. The first-order valence-electron chi connectivity index (χ1n) is 12.7. The van der Waals surface area contributed by atoms with Gasteiger partial charge >= 0.3 is 0 Å². The SMILES string of the molecule is CC1=C[C@@H]2C[C@@H](C)CC[C@]2(C)[C@@](C)(/C(O)=C2\C(=O)N[C@H](CO)C2=O)[C@H]1/C=C/C=C/C=C/C[C@@H](C)O. The van der Waals surface area contributed by atoms with Crippen LogP contribution in [0, 0.1) is 28.6 Å². The number of ketones is 1. The smallest absolute Gasteiger partial charge is 0.259 e. The van der Waals surface area contributed by atoms with Crippen LogP contribution in [0.3, 0.4) is 0 Å². The van der Waals surface area contributed by atoms with Crippen molar-refractivity contribution in [1.82, 2.24) is 5.32 Å². The Balaban J connectivity index is 2.08. The Kier molecular flexibility index (Phi) is 8.28. The van der Waals surface area contributed by atoms with Gasteiger partial charge in [0.15, 0.2) is 5.78 Å². The molecule has 0 spiro atoms. The average Bonchev–Trinajstić information content (AvgIpc) is 3.09. The number of carbonyl (C=O) groups is 2. The van der Waals surface area contributed by atoms with Crippen LogP contribution in [0.5, 0.6) is 0 Å².